The Hall–Kier alpha value is -2.50. The summed E-state index contributed by atoms with van der Waals surface area (Å²) >= 11 is 0. The summed E-state index contributed by atoms with van der Waals surface area (Å²) in [5.74, 6) is 2.90. The van der Waals surface area contributed by atoms with Gasteiger partial charge in [-0.1, -0.05) is 38.1 Å². The summed E-state index contributed by atoms with van der Waals surface area (Å²) in [5, 5.41) is 7.29. The van der Waals surface area contributed by atoms with Gasteiger partial charge in [-0.05, 0) is 57.8 Å². The Balaban J connectivity index is 1.43. The van der Waals surface area contributed by atoms with Gasteiger partial charge in [-0.15, -0.1) is 0 Å². The van der Waals surface area contributed by atoms with E-state index < -0.39 is 0 Å². The van der Waals surface area contributed by atoms with E-state index in [0.29, 0.717) is 11.8 Å². The third-order valence-electron chi connectivity index (χ3n) is 6.82. The van der Waals surface area contributed by atoms with E-state index in [1.54, 1.807) is 0 Å². The lowest BCUT2D eigenvalue weighted by Gasteiger charge is -2.30. The number of aryl methyl sites for hydroxylation is 1. The first kappa shape index (κ1) is 22.7. The van der Waals surface area contributed by atoms with Crippen molar-refractivity contribution in [3.05, 3.63) is 41.6 Å². The van der Waals surface area contributed by atoms with Gasteiger partial charge in [0.25, 0.3) is 0 Å². The monoisotopic (exact) mass is 436 g/mol. The van der Waals surface area contributed by atoms with E-state index in [2.05, 4.69) is 48.4 Å². The molecule has 0 aliphatic heterocycles. The highest BCUT2D eigenvalue weighted by atomic mass is 16.5. The van der Waals surface area contributed by atoms with Crippen LogP contribution in [0.1, 0.15) is 88.8 Å². The molecule has 0 aromatic carbocycles. The summed E-state index contributed by atoms with van der Waals surface area (Å²) < 4.78 is 5.57. The first-order valence-electron chi connectivity index (χ1n) is 12.0. The molecule has 1 saturated carbocycles. The summed E-state index contributed by atoms with van der Waals surface area (Å²) in [5.41, 5.74) is 2.79. The maximum atomic E-state index is 12.5. The minimum absolute atomic E-state index is 0.111. The van der Waals surface area contributed by atoms with Gasteiger partial charge in [0.15, 0.2) is 5.76 Å². The number of carbonyl (C=O) groups excluding carboxylic acids is 1. The standard InChI is InChI=1S/C26H36N4O2/c1-17-14-22(32-30-17)21-16-28-25(26(2,3)4)29-23(21)19-12-10-18(11-13-19)15-27-24(31)20-8-6-5-7-9-20/h5-6,14,16,18-20H,7-13,15H2,1-4H3,(H,27,31). The Morgan fingerprint density at radius 2 is 1.94 bits per heavy atom. The van der Waals surface area contributed by atoms with Crippen LogP contribution in [0, 0.1) is 18.8 Å². The summed E-state index contributed by atoms with van der Waals surface area (Å²) in [6, 6.07) is 1.96. The number of carbonyl (C=O) groups is 1. The van der Waals surface area contributed by atoms with Crippen LogP contribution in [0.15, 0.2) is 28.9 Å². The van der Waals surface area contributed by atoms with Crippen molar-refractivity contribution in [2.24, 2.45) is 11.8 Å². The number of aromatic nitrogens is 3. The minimum atomic E-state index is -0.111. The zero-order valence-corrected chi connectivity index (χ0v) is 19.9. The average Bonchev–Trinajstić information content (AvgIpc) is 3.23. The molecule has 1 unspecified atom stereocenters. The molecule has 2 aliphatic carbocycles. The number of nitrogens with one attached hydrogen (secondary N) is 1. The fourth-order valence-electron chi connectivity index (χ4n) is 4.81. The zero-order valence-electron chi connectivity index (χ0n) is 19.9. The number of nitrogens with zero attached hydrogens (tertiary/aromatic N) is 3. The lowest BCUT2D eigenvalue weighted by atomic mass is 9.79. The first-order valence-corrected chi connectivity index (χ1v) is 12.0. The number of rotatable bonds is 5. The SMILES string of the molecule is Cc1cc(-c2cnc(C(C)(C)C)nc2C2CCC(CNC(=O)C3CC=CCC3)CC2)on1. The first-order chi connectivity index (χ1) is 15.3. The number of hydrogen-bond acceptors (Lipinski definition) is 5. The van der Waals surface area contributed by atoms with Gasteiger partial charge < -0.3 is 9.84 Å². The Kier molecular flexibility index (Phi) is 6.77. The maximum Gasteiger partial charge on any atom is 0.223 e. The second-order valence-corrected chi connectivity index (χ2v) is 10.5. The van der Waals surface area contributed by atoms with E-state index in [1.807, 2.05) is 19.2 Å². The molecule has 172 valence electrons. The maximum absolute atomic E-state index is 12.5. The molecule has 6 nitrogen and oxygen atoms in total. The predicted octanol–water partition coefficient (Wildman–Crippen LogP) is 5.48. The van der Waals surface area contributed by atoms with Crippen molar-refractivity contribution in [1.29, 1.82) is 0 Å². The van der Waals surface area contributed by atoms with Crippen LogP contribution in [0.2, 0.25) is 0 Å². The highest BCUT2D eigenvalue weighted by molar-refractivity contribution is 5.78. The highest BCUT2D eigenvalue weighted by Gasteiger charge is 2.29. The predicted molar refractivity (Wildman–Crippen MR) is 125 cm³/mol. The number of amides is 1. The Morgan fingerprint density at radius 1 is 1.16 bits per heavy atom. The second kappa shape index (κ2) is 9.55. The number of allylic oxidation sites excluding steroid dienone is 2. The van der Waals surface area contributed by atoms with Gasteiger partial charge in [-0.3, -0.25) is 4.79 Å². The highest BCUT2D eigenvalue weighted by Crippen LogP contribution is 2.39. The Labute approximate surface area is 191 Å². The van der Waals surface area contributed by atoms with Crippen molar-refractivity contribution in [1.82, 2.24) is 20.4 Å². The largest absolute Gasteiger partial charge is 0.356 e. The molecule has 6 heteroatoms. The molecule has 0 spiro atoms. The molecule has 1 fully saturated rings. The van der Waals surface area contributed by atoms with Crippen LogP contribution >= 0.6 is 0 Å². The van der Waals surface area contributed by atoms with Crippen LogP contribution < -0.4 is 5.32 Å². The smallest absolute Gasteiger partial charge is 0.223 e. The van der Waals surface area contributed by atoms with Crippen molar-refractivity contribution in [2.75, 3.05) is 6.54 Å². The van der Waals surface area contributed by atoms with E-state index in [-0.39, 0.29) is 17.2 Å². The molecule has 4 rings (SSSR count). The van der Waals surface area contributed by atoms with E-state index in [4.69, 9.17) is 9.51 Å². The van der Waals surface area contributed by atoms with Gasteiger partial charge in [0.05, 0.1) is 17.0 Å². The van der Waals surface area contributed by atoms with Crippen molar-refractivity contribution >= 4 is 5.91 Å². The molecule has 2 aliphatic rings. The van der Waals surface area contributed by atoms with Gasteiger partial charge in [-0.25, -0.2) is 9.97 Å². The van der Waals surface area contributed by atoms with Gasteiger partial charge in [0, 0.05) is 36.1 Å². The van der Waals surface area contributed by atoms with Crippen molar-refractivity contribution in [3.63, 3.8) is 0 Å². The van der Waals surface area contributed by atoms with E-state index in [1.165, 1.54) is 0 Å². The molecule has 1 N–H and O–H groups in total. The molecule has 2 heterocycles. The summed E-state index contributed by atoms with van der Waals surface area (Å²) in [6.45, 7) is 9.15. The molecule has 1 amide bonds. The second-order valence-electron chi connectivity index (χ2n) is 10.5. The van der Waals surface area contributed by atoms with Crippen molar-refractivity contribution < 1.29 is 9.32 Å². The van der Waals surface area contributed by atoms with E-state index >= 15 is 0 Å². The zero-order chi connectivity index (χ0) is 22.7. The summed E-state index contributed by atoms with van der Waals surface area (Å²) in [7, 11) is 0. The fraction of sp³-hybridized carbons (Fsp3) is 0.615. The van der Waals surface area contributed by atoms with E-state index in [0.717, 1.165) is 80.0 Å². The molecular weight excluding hydrogens is 400 g/mol. The lowest BCUT2D eigenvalue weighted by molar-refractivity contribution is -0.125. The van der Waals surface area contributed by atoms with Gasteiger partial charge in [-0.2, -0.15) is 0 Å². The van der Waals surface area contributed by atoms with Crippen LogP contribution in [0.4, 0.5) is 0 Å². The van der Waals surface area contributed by atoms with Crippen LogP contribution in [0.3, 0.4) is 0 Å². The third-order valence-corrected chi connectivity index (χ3v) is 6.82. The number of hydrogen-bond donors (Lipinski definition) is 1. The minimum Gasteiger partial charge on any atom is -0.356 e. The normalized spacial score (nSPS) is 23.8. The van der Waals surface area contributed by atoms with E-state index in [9.17, 15) is 4.79 Å². The van der Waals surface area contributed by atoms with Gasteiger partial charge in [0.2, 0.25) is 5.91 Å². The van der Waals surface area contributed by atoms with Crippen molar-refractivity contribution in [2.45, 2.75) is 84.0 Å². The fourth-order valence-corrected chi connectivity index (χ4v) is 4.81. The Bertz CT molecular complexity index is 964. The molecule has 2 aromatic rings. The summed E-state index contributed by atoms with van der Waals surface area (Å²) in [4.78, 5) is 22.2. The quantitative estimate of drug-likeness (QED) is 0.627. The average molecular weight is 437 g/mol. The molecule has 0 saturated heterocycles. The topological polar surface area (TPSA) is 80.9 Å². The molecule has 0 radical (unpaired) electrons. The Morgan fingerprint density at radius 3 is 2.56 bits per heavy atom. The van der Waals surface area contributed by atoms with Crippen LogP contribution in [-0.2, 0) is 10.2 Å². The van der Waals surface area contributed by atoms with Crippen LogP contribution in [0.25, 0.3) is 11.3 Å². The van der Waals surface area contributed by atoms with Crippen molar-refractivity contribution in [3.8, 4) is 11.3 Å². The lowest BCUT2D eigenvalue weighted by Crippen LogP contribution is -2.35. The molecule has 2 aromatic heterocycles. The molecule has 1 atom stereocenters. The molecular formula is C26H36N4O2. The van der Waals surface area contributed by atoms with Crippen LogP contribution in [0.5, 0.6) is 0 Å². The van der Waals surface area contributed by atoms with Crippen LogP contribution in [-0.4, -0.2) is 27.6 Å². The van der Waals surface area contributed by atoms with Gasteiger partial charge >= 0.3 is 0 Å². The third kappa shape index (κ3) is 5.28. The van der Waals surface area contributed by atoms with Gasteiger partial charge in [0.1, 0.15) is 5.82 Å². The summed E-state index contributed by atoms with van der Waals surface area (Å²) in [6.07, 6.45) is 13.4. The molecule has 0 bridgehead atoms. The molecule has 32 heavy (non-hydrogen) atoms.